The second-order valence-electron chi connectivity index (χ2n) is 7.31. The zero-order chi connectivity index (χ0) is 17.8. The van der Waals surface area contributed by atoms with Crippen molar-refractivity contribution in [1.29, 1.82) is 0 Å². The first kappa shape index (κ1) is 17.4. The lowest BCUT2D eigenvalue weighted by atomic mass is 9.92. The average Bonchev–Trinajstić information content (AvgIpc) is 3.14. The Balaban J connectivity index is 1.44. The van der Waals surface area contributed by atoms with Crippen molar-refractivity contribution < 1.29 is 9.53 Å². The molecule has 0 radical (unpaired) electrons. The molecule has 0 spiro atoms. The first-order valence-electron chi connectivity index (χ1n) is 9.61. The Labute approximate surface area is 153 Å². The van der Waals surface area contributed by atoms with E-state index >= 15 is 0 Å². The van der Waals surface area contributed by atoms with Gasteiger partial charge in [0.1, 0.15) is 25.0 Å². The number of carbonyl (C=O) groups is 1. The molecule has 2 saturated heterocycles. The minimum atomic E-state index is 0.304. The first-order valence-corrected chi connectivity index (χ1v) is 9.61. The number of aldehydes is 1. The fourth-order valence-electron chi connectivity index (χ4n) is 4.10. The molecule has 0 aliphatic carbocycles. The van der Waals surface area contributed by atoms with Crippen LogP contribution in [0.4, 0.5) is 0 Å². The zero-order valence-corrected chi connectivity index (χ0v) is 15.0. The van der Waals surface area contributed by atoms with E-state index in [0.717, 1.165) is 67.4 Å². The fraction of sp³-hybridized carbons (Fsp3) is 0.550. The molecule has 2 unspecified atom stereocenters. The summed E-state index contributed by atoms with van der Waals surface area (Å²) in [5, 5.41) is 8.01. The van der Waals surface area contributed by atoms with E-state index in [0.29, 0.717) is 31.0 Å². The van der Waals surface area contributed by atoms with E-state index in [9.17, 15) is 4.79 Å². The Bertz CT molecular complexity index is 761. The Morgan fingerprint density at radius 3 is 2.81 bits per heavy atom. The molecule has 26 heavy (non-hydrogen) atoms. The van der Waals surface area contributed by atoms with Gasteiger partial charge in [0.2, 0.25) is 0 Å². The molecule has 3 heterocycles. The fourth-order valence-corrected chi connectivity index (χ4v) is 4.10. The predicted molar refractivity (Wildman–Crippen MR) is 101 cm³/mol. The maximum absolute atomic E-state index is 10.6. The summed E-state index contributed by atoms with van der Waals surface area (Å²) in [5.41, 5.74) is 2.11. The second kappa shape index (κ2) is 8.10. The maximum Gasteiger partial charge on any atom is 0.121 e. The molecule has 2 aliphatic rings. The van der Waals surface area contributed by atoms with Crippen molar-refractivity contribution >= 4 is 17.2 Å². The van der Waals surface area contributed by atoms with Crippen LogP contribution in [0.25, 0.3) is 10.9 Å². The number of hydrogen-bond donors (Lipinski definition) is 2. The highest BCUT2D eigenvalue weighted by Crippen LogP contribution is 2.30. The third kappa shape index (κ3) is 3.86. The van der Waals surface area contributed by atoms with Crippen LogP contribution in [-0.4, -0.2) is 48.0 Å². The molecular formula is C20H26N4O2. The van der Waals surface area contributed by atoms with Crippen LogP contribution < -0.4 is 15.4 Å². The van der Waals surface area contributed by atoms with Crippen molar-refractivity contribution in [3.8, 4) is 5.75 Å². The predicted octanol–water partition coefficient (Wildman–Crippen LogP) is 2.19. The molecule has 4 rings (SSSR count). The number of nitrogens with one attached hydrogen (secondary N) is 2. The number of ether oxygens (including phenoxy) is 1. The van der Waals surface area contributed by atoms with Gasteiger partial charge in [0, 0.05) is 35.9 Å². The summed E-state index contributed by atoms with van der Waals surface area (Å²) in [5.74, 6) is 1.35. The largest absolute Gasteiger partial charge is 0.492 e. The molecule has 138 valence electrons. The van der Waals surface area contributed by atoms with Gasteiger partial charge in [0.15, 0.2) is 0 Å². The van der Waals surface area contributed by atoms with Gasteiger partial charge in [-0.2, -0.15) is 0 Å². The number of benzene rings is 1. The molecule has 0 bridgehead atoms. The van der Waals surface area contributed by atoms with E-state index in [-0.39, 0.29) is 0 Å². The van der Waals surface area contributed by atoms with Crippen LogP contribution in [0, 0.1) is 0 Å². The Morgan fingerprint density at radius 1 is 1.12 bits per heavy atom. The molecule has 1 aromatic heterocycles. The van der Waals surface area contributed by atoms with Crippen LogP contribution in [-0.2, 0) is 4.79 Å². The quantitative estimate of drug-likeness (QED) is 0.775. The van der Waals surface area contributed by atoms with Gasteiger partial charge in [0.25, 0.3) is 0 Å². The summed E-state index contributed by atoms with van der Waals surface area (Å²) in [6.45, 7) is 2.72. The standard InChI is InChI=1S/C20H26N4O2/c25-10-7-15-1-2-16(24-15)12-26-17-3-4-18-19(11-17)22-13-23-20(18)14-5-8-21-9-6-14/h3-4,10-11,13-16,21,24H,1-2,5-9,12H2. The molecule has 0 saturated carbocycles. The van der Waals surface area contributed by atoms with Crippen molar-refractivity contribution in [1.82, 2.24) is 20.6 Å². The van der Waals surface area contributed by atoms with Crippen molar-refractivity contribution in [3.05, 3.63) is 30.2 Å². The maximum atomic E-state index is 10.6. The van der Waals surface area contributed by atoms with Crippen LogP contribution in [0.5, 0.6) is 5.75 Å². The number of rotatable bonds is 6. The van der Waals surface area contributed by atoms with Crippen molar-refractivity contribution in [3.63, 3.8) is 0 Å². The number of carbonyl (C=O) groups excluding carboxylic acids is 1. The summed E-state index contributed by atoms with van der Waals surface area (Å²) >= 11 is 0. The second-order valence-corrected chi connectivity index (χ2v) is 7.31. The average molecular weight is 354 g/mol. The zero-order valence-electron chi connectivity index (χ0n) is 15.0. The molecule has 2 aromatic rings. The van der Waals surface area contributed by atoms with Crippen molar-refractivity contribution in [2.75, 3.05) is 19.7 Å². The smallest absolute Gasteiger partial charge is 0.121 e. The van der Waals surface area contributed by atoms with Crippen LogP contribution in [0.3, 0.4) is 0 Å². The number of fused-ring (bicyclic) bond motifs is 1. The Kier molecular flexibility index (Phi) is 5.41. The van der Waals surface area contributed by atoms with Gasteiger partial charge >= 0.3 is 0 Å². The highest BCUT2D eigenvalue weighted by atomic mass is 16.5. The third-order valence-electron chi connectivity index (χ3n) is 5.53. The monoisotopic (exact) mass is 354 g/mol. The lowest BCUT2D eigenvalue weighted by Gasteiger charge is -2.23. The van der Waals surface area contributed by atoms with Crippen molar-refractivity contribution in [2.45, 2.75) is 50.1 Å². The molecule has 1 aromatic carbocycles. The van der Waals surface area contributed by atoms with Gasteiger partial charge in [-0.15, -0.1) is 0 Å². The topological polar surface area (TPSA) is 76.1 Å². The molecule has 0 amide bonds. The van der Waals surface area contributed by atoms with Gasteiger partial charge in [-0.05, 0) is 50.9 Å². The summed E-state index contributed by atoms with van der Waals surface area (Å²) in [4.78, 5) is 19.7. The minimum Gasteiger partial charge on any atom is -0.492 e. The molecule has 6 heteroatoms. The molecular weight excluding hydrogens is 328 g/mol. The van der Waals surface area contributed by atoms with Gasteiger partial charge < -0.3 is 20.2 Å². The summed E-state index contributed by atoms with van der Waals surface area (Å²) < 4.78 is 5.99. The van der Waals surface area contributed by atoms with Crippen LogP contribution in [0.2, 0.25) is 0 Å². The van der Waals surface area contributed by atoms with Crippen molar-refractivity contribution in [2.24, 2.45) is 0 Å². The van der Waals surface area contributed by atoms with E-state index < -0.39 is 0 Å². The molecule has 2 fully saturated rings. The number of nitrogens with zero attached hydrogens (tertiary/aromatic N) is 2. The van der Waals surface area contributed by atoms with Crippen LogP contribution in [0.15, 0.2) is 24.5 Å². The number of piperidine rings is 1. The van der Waals surface area contributed by atoms with E-state index in [1.807, 2.05) is 12.1 Å². The highest BCUT2D eigenvalue weighted by Gasteiger charge is 2.24. The molecule has 2 N–H and O–H groups in total. The number of hydrogen-bond acceptors (Lipinski definition) is 6. The van der Waals surface area contributed by atoms with Gasteiger partial charge in [-0.25, -0.2) is 9.97 Å². The van der Waals surface area contributed by atoms with Crippen LogP contribution >= 0.6 is 0 Å². The number of aromatic nitrogens is 2. The SMILES string of the molecule is O=CCC1CCC(COc2ccc3c(C4CCNCC4)ncnc3c2)N1. The normalized spacial score (nSPS) is 24.0. The Morgan fingerprint density at radius 2 is 1.96 bits per heavy atom. The Hall–Kier alpha value is -2.05. The van der Waals surface area contributed by atoms with Gasteiger partial charge in [0.05, 0.1) is 11.2 Å². The summed E-state index contributed by atoms with van der Waals surface area (Å²) in [6, 6.07) is 6.75. The molecule has 2 atom stereocenters. The van der Waals surface area contributed by atoms with E-state index in [4.69, 9.17) is 4.74 Å². The summed E-state index contributed by atoms with van der Waals surface area (Å²) in [6.07, 6.45) is 7.59. The summed E-state index contributed by atoms with van der Waals surface area (Å²) in [7, 11) is 0. The molecule has 2 aliphatic heterocycles. The van der Waals surface area contributed by atoms with Gasteiger partial charge in [-0.3, -0.25) is 0 Å². The first-order chi connectivity index (χ1) is 12.8. The lowest BCUT2D eigenvalue weighted by Crippen LogP contribution is -2.33. The minimum absolute atomic E-state index is 0.304. The van der Waals surface area contributed by atoms with E-state index in [1.54, 1.807) is 6.33 Å². The van der Waals surface area contributed by atoms with E-state index in [1.165, 1.54) is 0 Å². The molecule has 6 nitrogen and oxygen atoms in total. The van der Waals surface area contributed by atoms with Gasteiger partial charge in [-0.1, -0.05) is 0 Å². The highest BCUT2D eigenvalue weighted by molar-refractivity contribution is 5.82. The third-order valence-corrected chi connectivity index (χ3v) is 5.53. The van der Waals surface area contributed by atoms with E-state index in [2.05, 4.69) is 26.7 Å². The van der Waals surface area contributed by atoms with Crippen LogP contribution in [0.1, 0.15) is 43.7 Å². The lowest BCUT2D eigenvalue weighted by molar-refractivity contribution is -0.108.